The van der Waals surface area contributed by atoms with Gasteiger partial charge in [-0.3, -0.25) is 14.9 Å². The van der Waals surface area contributed by atoms with Crippen LogP contribution < -0.4 is 5.32 Å². The van der Waals surface area contributed by atoms with Gasteiger partial charge in [0, 0.05) is 25.1 Å². The van der Waals surface area contributed by atoms with E-state index in [-0.39, 0.29) is 18.0 Å². The lowest BCUT2D eigenvalue weighted by Crippen LogP contribution is -2.23. The Morgan fingerprint density at radius 2 is 2.06 bits per heavy atom. The lowest BCUT2D eigenvalue weighted by molar-refractivity contribution is -0.384. The molecule has 0 fully saturated rings. The van der Waals surface area contributed by atoms with Crippen LogP contribution in [0.4, 0.5) is 5.69 Å². The second kappa shape index (κ2) is 6.70. The van der Waals surface area contributed by atoms with E-state index < -0.39 is 11.0 Å². The van der Waals surface area contributed by atoms with Gasteiger partial charge in [0.05, 0.1) is 11.0 Å². The van der Waals surface area contributed by atoms with Crippen molar-refractivity contribution in [2.45, 2.75) is 32.4 Å². The largest absolute Gasteiger partial charge is 0.393 e. The molecule has 1 aromatic carbocycles. The fourth-order valence-corrected chi connectivity index (χ4v) is 1.36. The Morgan fingerprint density at radius 1 is 1.44 bits per heavy atom. The quantitative estimate of drug-likeness (QED) is 0.590. The summed E-state index contributed by atoms with van der Waals surface area (Å²) in [6.45, 7) is 1.96. The first-order valence-corrected chi connectivity index (χ1v) is 5.67. The van der Waals surface area contributed by atoms with Crippen LogP contribution in [0.15, 0.2) is 24.3 Å². The van der Waals surface area contributed by atoms with Crippen LogP contribution in [0.1, 0.15) is 25.3 Å². The number of nitrogens with zero attached hydrogens (tertiary/aromatic N) is 1. The Labute approximate surface area is 105 Å². The predicted molar refractivity (Wildman–Crippen MR) is 65.9 cm³/mol. The number of non-ortho nitro benzene ring substituents is 1. The summed E-state index contributed by atoms with van der Waals surface area (Å²) >= 11 is 0. The molecule has 0 aliphatic rings. The highest BCUT2D eigenvalue weighted by atomic mass is 16.6. The van der Waals surface area contributed by atoms with Crippen LogP contribution in [-0.2, 0) is 11.3 Å². The van der Waals surface area contributed by atoms with Crippen LogP contribution in [-0.4, -0.2) is 22.0 Å². The van der Waals surface area contributed by atoms with E-state index in [4.69, 9.17) is 5.11 Å². The first-order valence-electron chi connectivity index (χ1n) is 5.67. The van der Waals surface area contributed by atoms with Gasteiger partial charge in [-0.25, -0.2) is 0 Å². The Hall–Kier alpha value is -1.95. The summed E-state index contributed by atoms with van der Waals surface area (Å²) in [5, 5.41) is 22.1. The molecule has 6 nitrogen and oxygen atoms in total. The molecule has 0 aliphatic carbocycles. The van der Waals surface area contributed by atoms with Crippen molar-refractivity contribution < 1.29 is 14.8 Å². The number of carbonyl (C=O) groups is 1. The van der Waals surface area contributed by atoms with Gasteiger partial charge in [-0.1, -0.05) is 12.1 Å². The SMILES string of the molecule is CC(O)CCC(=O)NCc1ccc([N+](=O)[O-])cc1. The van der Waals surface area contributed by atoms with Crippen molar-refractivity contribution in [3.8, 4) is 0 Å². The number of nitro groups is 1. The maximum Gasteiger partial charge on any atom is 0.269 e. The van der Waals surface area contributed by atoms with Crippen molar-refractivity contribution >= 4 is 11.6 Å². The van der Waals surface area contributed by atoms with E-state index in [2.05, 4.69) is 5.32 Å². The van der Waals surface area contributed by atoms with Crippen molar-refractivity contribution in [3.05, 3.63) is 39.9 Å². The normalized spacial score (nSPS) is 11.9. The van der Waals surface area contributed by atoms with Gasteiger partial charge in [0.2, 0.25) is 5.91 Å². The highest BCUT2D eigenvalue weighted by Crippen LogP contribution is 2.11. The lowest BCUT2D eigenvalue weighted by atomic mass is 10.2. The maximum atomic E-state index is 11.4. The van der Waals surface area contributed by atoms with E-state index >= 15 is 0 Å². The van der Waals surface area contributed by atoms with E-state index in [0.29, 0.717) is 13.0 Å². The zero-order valence-electron chi connectivity index (χ0n) is 10.1. The molecule has 0 spiro atoms. The van der Waals surface area contributed by atoms with Crippen molar-refractivity contribution in [1.29, 1.82) is 0 Å². The minimum Gasteiger partial charge on any atom is -0.393 e. The second-order valence-corrected chi connectivity index (χ2v) is 4.09. The lowest BCUT2D eigenvalue weighted by Gasteiger charge is -2.06. The highest BCUT2D eigenvalue weighted by Gasteiger charge is 2.06. The summed E-state index contributed by atoms with van der Waals surface area (Å²) in [6, 6.07) is 6.01. The number of aliphatic hydroxyl groups excluding tert-OH is 1. The zero-order valence-corrected chi connectivity index (χ0v) is 10.1. The van der Waals surface area contributed by atoms with Crippen LogP contribution >= 0.6 is 0 Å². The third-order valence-corrected chi connectivity index (χ3v) is 2.43. The van der Waals surface area contributed by atoms with E-state index in [1.807, 2.05) is 0 Å². The molecule has 1 rings (SSSR count). The predicted octanol–water partition coefficient (Wildman–Crippen LogP) is 1.37. The van der Waals surface area contributed by atoms with Gasteiger partial charge >= 0.3 is 0 Å². The highest BCUT2D eigenvalue weighted by molar-refractivity contribution is 5.75. The van der Waals surface area contributed by atoms with Crippen molar-refractivity contribution in [1.82, 2.24) is 5.32 Å². The monoisotopic (exact) mass is 252 g/mol. The smallest absolute Gasteiger partial charge is 0.269 e. The van der Waals surface area contributed by atoms with Crippen LogP contribution in [0, 0.1) is 10.1 Å². The molecule has 18 heavy (non-hydrogen) atoms. The van der Waals surface area contributed by atoms with Gasteiger partial charge in [0.15, 0.2) is 0 Å². The molecule has 2 N–H and O–H groups in total. The maximum absolute atomic E-state index is 11.4. The molecule has 0 bridgehead atoms. The fraction of sp³-hybridized carbons (Fsp3) is 0.417. The standard InChI is InChI=1S/C12H16N2O4/c1-9(15)2-7-12(16)13-8-10-3-5-11(6-4-10)14(17)18/h3-6,9,15H,2,7-8H2,1H3,(H,13,16). The molecule has 98 valence electrons. The number of nitro benzene ring substituents is 1. The fourth-order valence-electron chi connectivity index (χ4n) is 1.36. The number of amides is 1. The molecule has 0 aromatic heterocycles. The minimum absolute atomic E-state index is 0.0270. The van der Waals surface area contributed by atoms with Crippen molar-refractivity contribution in [2.24, 2.45) is 0 Å². The van der Waals surface area contributed by atoms with E-state index in [1.54, 1.807) is 19.1 Å². The summed E-state index contributed by atoms with van der Waals surface area (Å²) in [5.74, 6) is -0.144. The number of hydrogen-bond donors (Lipinski definition) is 2. The van der Waals surface area contributed by atoms with Gasteiger partial charge in [0.25, 0.3) is 5.69 Å². The van der Waals surface area contributed by atoms with Crippen molar-refractivity contribution in [2.75, 3.05) is 0 Å². The molecule has 0 saturated heterocycles. The summed E-state index contributed by atoms with van der Waals surface area (Å²) in [6.07, 6.45) is 0.201. The third-order valence-electron chi connectivity index (χ3n) is 2.43. The van der Waals surface area contributed by atoms with E-state index in [1.165, 1.54) is 12.1 Å². The average molecular weight is 252 g/mol. The molecule has 0 saturated carbocycles. The van der Waals surface area contributed by atoms with E-state index in [9.17, 15) is 14.9 Å². The zero-order chi connectivity index (χ0) is 13.5. The molecular formula is C12H16N2O4. The molecule has 1 atom stereocenters. The third kappa shape index (κ3) is 4.92. The van der Waals surface area contributed by atoms with Crippen LogP contribution in [0.5, 0.6) is 0 Å². The van der Waals surface area contributed by atoms with Crippen LogP contribution in [0.25, 0.3) is 0 Å². The molecule has 0 heterocycles. The summed E-state index contributed by atoms with van der Waals surface area (Å²) in [7, 11) is 0. The minimum atomic E-state index is -0.491. The molecule has 1 amide bonds. The first-order chi connectivity index (χ1) is 8.49. The van der Waals surface area contributed by atoms with Crippen LogP contribution in [0.3, 0.4) is 0 Å². The molecule has 6 heteroatoms. The molecular weight excluding hydrogens is 236 g/mol. The van der Waals surface area contributed by atoms with Gasteiger partial charge in [-0.15, -0.1) is 0 Å². The molecule has 1 unspecified atom stereocenters. The summed E-state index contributed by atoms with van der Waals surface area (Å²) < 4.78 is 0. The van der Waals surface area contributed by atoms with Gasteiger partial charge in [0.1, 0.15) is 0 Å². The second-order valence-electron chi connectivity index (χ2n) is 4.09. The van der Waals surface area contributed by atoms with Crippen molar-refractivity contribution in [3.63, 3.8) is 0 Å². The molecule has 0 aliphatic heterocycles. The van der Waals surface area contributed by atoms with Gasteiger partial charge in [-0.2, -0.15) is 0 Å². The first kappa shape index (κ1) is 14.1. The number of rotatable bonds is 6. The molecule has 1 aromatic rings. The van der Waals surface area contributed by atoms with E-state index in [0.717, 1.165) is 5.56 Å². The Bertz CT molecular complexity index is 415. The topological polar surface area (TPSA) is 92.5 Å². The number of aliphatic hydroxyl groups is 1. The number of nitrogens with one attached hydrogen (secondary N) is 1. The Kier molecular flexibility index (Phi) is 5.26. The average Bonchev–Trinajstić information content (AvgIpc) is 2.34. The van der Waals surface area contributed by atoms with Gasteiger partial charge < -0.3 is 10.4 Å². The van der Waals surface area contributed by atoms with Crippen LogP contribution in [0.2, 0.25) is 0 Å². The summed E-state index contributed by atoms with van der Waals surface area (Å²) in [4.78, 5) is 21.3. The summed E-state index contributed by atoms with van der Waals surface area (Å²) in [5.41, 5.74) is 0.824. The van der Waals surface area contributed by atoms with Gasteiger partial charge in [-0.05, 0) is 18.9 Å². The Morgan fingerprint density at radius 3 is 2.56 bits per heavy atom. The Balaban J connectivity index is 2.39. The number of hydrogen-bond acceptors (Lipinski definition) is 4. The number of benzene rings is 1. The molecule has 0 radical (unpaired) electrons. The number of carbonyl (C=O) groups excluding carboxylic acids is 1.